The summed E-state index contributed by atoms with van der Waals surface area (Å²) >= 11 is 0. The molecule has 0 spiro atoms. The molecule has 1 N–H and O–H groups in total. The fraction of sp³-hybridized carbons (Fsp3) is 0.533. The first-order valence-corrected chi connectivity index (χ1v) is 6.70. The van der Waals surface area contributed by atoms with Gasteiger partial charge in [0.25, 0.3) is 0 Å². The lowest BCUT2D eigenvalue weighted by Crippen LogP contribution is -2.22. The predicted octanol–water partition coefficient (Wildman–Crippen LogP) is 2.62. The van der Waals surface area contributed by atoms with Crippen LogP contribution in [0.3, 0.4) is 0 Å². The zero-order valence-electron chi connectivity index (χ0n) is 11.2. The van der Waals surface area contributed by atoms with Gasteiger partial charge in [-0.2, -0.15) is 5.26 Å². The predicted molar refractivity (Wildman–Crippen MR) is 74.6 cm³/mol. The van der Waals surface area contributed by atoms with Crippen molar-refractivity contribution in [3.05, 3.63) is 29.3 Å². The highest BCUT2D eigenvalue weighted by Gasteiger charge is 2.20. The third kappa shape index (κ3) is 3.02. The summed E-state index contributed by atoms with van der Waals surface area (Å²) in [6, 6.07) is 8.18. The quantitative estimate of drug-likeness (QED) is 0.883. The van der Waals surface area contributed by atoms with Crippen molar-refractivity contribution in [2.24, 2.45) is 5.92 Å². The molecule has 1 aliphatic rings. The summed E-state index contributed by atoms with van der Waals surface area (Å²) in [4.78, 5) is 2.48. The molecule has 1 fully saturated rings. The van der Waals surface area contributed by atoms with Crippen LogP contribution in [0.4, 0.5) is 5.69 Å². The number of hydrogen-bond acceptors (Lipinski definition) is 3. The zero-order valence-corrected chi connectivity index (χ0v) is 11.2. The van der Waals surface area contributed by atoms with Crippen LogP contribution in [0.15, 0.2) is 18.2 Å². The van der Waals surface area contributed by atoms with Gasteiger partial charge in [-0.25, -0.2) is 0 Å². The van der Waals surface area contributed by atoms with E-state index in [0.717, 1.165) is 24.3 Å². The van der Waals surface area contributed by atoms with Gasteiger partial charge in [-0.05, 0) is 50.0 Å². The third-order valence-corrected chi connectivity index (χ3v) is 3.69. The van der Waals surface area contributed by atoms with Crippen LogP contribution in [0.1, 0.15) is 24.5 Å². The minimum Gasteiger partial charge on any atom is -0.384 e. The van der Waals surface area contributed by atoms with Gasteiger partial charge in [0, 0.05) is 13.1 Å². The minimum atomic E-state index is 0.706. The number of hydrogen-bond donors (Lipinski definition) is 1. The molecule has 1 aliphatic heterocycles. The van der Waals surface area contributed by atoms with E-state index in [-0.39, 0.29) is 0 Å². The fourth-order valence-corrected chi connectivity index (χ4v) is 2.52. The van der Waals surface area contributed by atoms with Crippen molar-refractivity contribution in [3.8, 4) is 6.07 Å². The Hall–Kier alpha value is -1.53. The molecule has 1 heterocycles. The monoisotopic (exact) mass is 243 g/mol. The first kappa shape index (κ1) is 12.9. The number of benzene rings is 1. The lowest BCUT2D eigenvalue weighted by Gasteiger charge is -2.15. The molecular weight excluding hydrogens is 222 g/mol. The van der Waals surface area contributed by atoms with E-state index in [4.69, 9.17) is 5.26 Å². The molecule has 1 unspecified atom stereocenters. The van der Waals surface area contributed by atoms with Crippen molar-refractivity contribution in [3.63, 3.8) is 0 Å². The molecule has 2 rings (SSSR count). The molecule has 1 saturated heterocycles. The van der Waals surface area contributed by atoms with Crippen molar-refractivity contribution < 1.29 is 0 Å². The molecule has 18 heavy (non-hydrogen) atoms. The number of aryl methyl sites for hydroxylation is 1. The number of likely N-dealkylation sites (tertiary alicyclic amines) is 1. The van der Waals surface area contributed by atoms with E-state index in [0.29, 0.717) is 5.92 Å². The van der Waals surface area contributed by atoms with Gasteiger partial charge in [0.05, 0.1) is 11.3 Å². The van der Waals surface area contributed by atoms with Gasteiger partial charge in [0.15, 0.2) is 0 Å². The minimum absolute atomic E-state index is 0.706. The van der Waals surface area contributed by atoms with E-state index in [9.17, 15) is 0 Å². The summed E-state index contributed by atoms with van der Waals surface area (Å²) < 4.78 is 0. The van der Waals surface area contributed by atoms with Crippen molar-refractivity contribution in [2.75, 3.05) is 31.5 Å². The second-order valence-electron chi connectivity index (χ2n) is 5.09. The molecule has 0 saturated carbocycles. The first-order valence-electron chi connectivity index (χ1n) is 6.70. The molecule has 1 aromatic rings. The Bertz CT molecular complexity index is 448. The van der Waals surface area contributed by atoms with Crippen LogP contribution in [-0.2, 0) is 0 Å². The Kier molecular flexibility index (Phi) is 4.22. The molecule has 0 radical (unpaired) electrons. The zero-order chi connectivity index (χ0) is 13.0. The van der Waals surface area contributed by atoms with E-state index < -0.39 is 0 Å². The number of nitriles is 1. The van der Waals surface area contributed by atoms with Crippen molar-refractivity contribution in [2.45, 2.75) is 20.3 Å². The highest BCUT2D eigenvalue weighted by atomic mass is 15.1. The van der Waals surface area contributed by atoms with Crippen LogP contribution in [0.2, 0.25) is 0 Å². The van der Waals surface area contributed by atoms with E-state index in [2.05, 4.69) is 36.2 Å². The van der Waals surface area contributed by atoms with Crippen LogP contribution < -0.4 is 5.32 Å². The van der Waals surface area contributed by atoms with E-state index in [1.165, 1.54) is 25.1 Å². The van der Waals surface area contributed by atoms with Crippen LogP contribution in [-0.4, -0.2) is 31.1 Å². The molecule has 3 heteroatoms. The molecule has 1 atom stereocenters. The van der Waals surface area contributed by atoms with Gasteiger partial charge < -0.3 is 10.2 Å². The maximum atomic E-state index is 9.08. The Balaban J connectivity index is 1.94. The average Bonchev–Trinajstić information content (AvgIpc) is 2.84. The van der Waals surface area contributed by atoms with Crippen molar-refractivity contribution in [1.82, 2.24) is 4.90 Å². The molecule has 3 nitrogen and oxygen atoms in total. The Labute approximate surface area is 109 Å². The second kappa shape index (κ2) is 5.88. The van der Waals surface area contributed by atoms with Crippen molar-refractivity contribution >= 4 is 5.69 Å². The molecule has 96 valence electrons. The highest BCUT2D eigenvalue weighted by molar-refractivity contribution is 5.58. The van der Waals surface area contributed by atoms with E-state index in [1.807, 2.05) is 12.1 Å². The van der Waals surface area contributed by atoms with Crippen LogP contribution >= 0.6 is 0 Å². The van der Waals surface area contributed by atoms with Gasteiger partial charge in [-0.1, -0.05) is 13.0 Å². The van der Waals surface area contributed by atoms with E-state index >= 15 is 0 Å². The number of nitrogens with one attached hydrogen (secondary N) is 1. The number of rotatable bonds is 4. The van der Waals surface area contributed by atoms with Gasteiger partial charge in [-0.3, -0.25) is 0 Å². The molecule has 0 amide bonds. The fourth-order valence-electron chi connectivity index (χ4n) is 2.52. The summed E-state index contributed by atoms with van der Waals surface area (Å²) in [6.45, 7) is 8.77. The third-order valence-electron chi connectivity index (χ3n) is 3.69. The van der Waals surface area contributed by atoms with Gasteiger partial charge in [0.2, 0.25) is 0 Å². The lowest BCUT2D eigenvalue weighted by molar-refractivity contribution is 0.345. The van der Waals surface area contributed by atoms with Crippen LogP contribution in [0.5, 0.6) is 0 Å². The highest BCUT2D eigenvalue weighted by Crippen LogP contribution is 2.20. The average molecular weight is 243 g/mol. The molecule has 0 bridgehead atoms. The first-order chi connectivity index (χ1) is 8.72. The Morgan fingerprint density at radius 3 is 3.00 bits per heavy atom. The lowest BCUT2D eigenvalue weighted by atomic mass is 10.1. The Morgan fingerprint density at radius 1 is 1.50 bits per heavy atom. The van der Waals surface area contributed by atoms with Crippen LogP contribution in [0.25, 0.3) is 0 Å². The van der Waals surface area contributed by atoms with E-state index in [1.54, 1.807) is 0 Å². The van der Waals surface area contributed by atoms with Crippen molar-refractivity contribution in [1.29, 1.82) is 5.26 Å². The summed E-state index contributed by atoms with van der Waals surface area (Å²) in [6.07, 6.45) is 1.26. The van der Waals surface area contributed by atoms with Gasteiger partial charge >= 0.3 is 0 Å². The SMILES string of the molecule is CCN1CCC(CNc2cc(C)ccc2C#N)C1. The second-order valence-corrected chi connectivity index (χ2v) is 5.09. The maximum Gasteiger partial charge on any atom is 0.101 e. The molecular formula is C15H21N3. The summed E-state index contributed by atoms with van der Waals surface area (Å²) in [5.74, 6) is 0.706. The normalized spacial score (nSPS) is 19.7. The number of anilines is 1. The summed E-state index contributed by atoms with van der Waals surface area (Å²) in [7, 11) is 0. The van der Waals surface area contributed by atoms with Gasteiger partial charge in [-0.15, -0.1) is 0 Å². The summed E-state index contributed by atoms with van der Waals surface area (Å²) in [5, 5.41) is 12.5. The van der Waals surface area contributed by atoms with Gasteiger partial charge in [0.1, 0.15) is 6.07 Å². The smallest absolute Gasteiger partial charge is 0.101 e. The molecule has 0 aromatic heterocycles. The number of nitrogens with zero attached hydrogens (tertiary/aromatic N) is 2. The largest absolute Gasteiger partial charge is 0.384 e. The standard InChI is InChI=1S/C15H21N3/c1-3-18-7-6-13(11-18)10-17-15-8-12(2)4-5-14(15)9-16/h4-5,8,13,17H,3,6-7,10-11H2,1-2H3. The summed E-state index contributed by atoms with van der Waals surface area (Å²) in [5.41, 5.74) is 2.91. The van der Waals surface area contributed by atoms with Crippen LogP contribution in [0, 0.1) is 24.2 Å². The molecule has 1 aromatic carbocycles. The Morgan fingerprint density at radius 2 is 2.33 bits per heavy atom. The topological polar surface area (TPSA) is 39.1 Å². The maximum absolute atomic E-state index is 9.08. The molecule has 0 aliphatic carbocycles.